The normalized spacial score (nSPS) is 10.5. The van der Waals surface area contributed by atoms with Gasteiger partial charge < -0.3 is 0 Å². The highest BCUT2D eigenvalue weighted by Crippen LogP contribution is 2.11. The summed E-state index contributed by atoms with van der Waals surface area (Å²) in [6.07, 6.45) is 1.58. The quantitative estimate of drug-likeness (QED) is 0.575. The van der Waals surface area contributed by atoms with Gasteiger partial charge in [0, 0.05) is 6.07 Å². The van der Waals surface area contributed by atoms with Crippen molar-refractivity contribution in [3.63, 3.8) is 0 Å². The molecule has 12 heavy (non-hydrogen) atoms. The Hall–Kier alpha value is -1.29. The second-order valence-electron chi connectivity index (χ2n) is 2.35. The van der Waals surface area contributed by atoms with Gasteiger partial charge in [0.2, 0.25) is 0 Å². The van der Waals surface area contributed by atoms with E-state index in [4.69, 9.17) is 11.6 Å². The lowest BCUT2D eigenvalue weighted by atomic mass is 10.4. The molecule has 0 saturated heterocycles. The van der Waals surface area contributed by atoms with Crippen LogP contribution in [0.4, 0.5) is 0 Å². The molecule has 0 fully saturated rings. The molecular formula is C7H5ClN4. The number of fused-ring (bicyclic) bond motifs is 1. The summed E-state index contributed by atoms with van der Waals surface area (Å²) in [5.74, 6) is 0.631. The zero-order valence-corrected chi connectivity index (χ0v) is 7.08. The smallest absolute Gasteiger partial charge is 0.148 e. The topological polar surface area (TPSA) is 51.6 Å². The average molecular weight is 181 g/mol. The summed E-state index contributed by atoms with van der Waals surface area (Å²) in [5.41, 5.74) is 1.38. The van der Waals surface area contributed by atoms with Gasteiger partial charge in [0.05, 0.1) is 6.20 Å². The van der Waals surface area contributed by atoms with Crippen LogP contribution in [0.15, 0.2) is 12.3 Å². The second kappa shape index (κ2) is 2.64. The molecule has 0 spiro atoms. The van der Waals surface area contributed by atoms with Gasteiger partial charge in [-0.15, -0.1) is 10.2 Å². The number of hydrogen-bond donors (Lipinski definition) is 0. The first-order valence-corrected chi connectivity index (χ1v) is 3.76. The largest absolute Gasteiger partial charge is 0.242 e. The lowest BCUT2D eigenvalue weighted by molar-refractivity contribution is 0.949. The van der Waals surface area contributed by atoms with Crippen molar-refractivity contribution in [3.05, 3.63) is 23.2 Å². The summed E-state index contributed by atoms with van der Waals surface area (Å²) in [6.45, 7) is 1.78. The molecule has 0 aliphatic heterocycles. The average Bonchev–Trinajstić information content (AvgIpc) is 2.05. The van der Waals surface area contributed by atoms with Crippen molar-refractivity contribution in [2.75, 3.05) is 0 Å². The fourth-order valence-electron chi connectivity index (χ4n) is 0.902. The molecular weight excluding hydrogens is 176 g/mol. The molecule has 0 radical (unpaired) electrons. The Balaban J connectivity index is 2.79. The summed E-state index contributed by atoms with van der Waals surface area (Å²) >= 11 is 5.65. The molecule has 0 bridgehead atoms. The molecule has 60 valence electrons. The minimum Gasteiger partial charge on any atom is -0.242 e. The van der Waals surface area contributed by atoms with Crippen molar-refractivity contribution in [1.29, 1.82) is 0 Å². The van der Waals surface area contributed by atoms with Crippen LogP contribution in [0, 0.1) is 6.92 Å². The number of pyridine rings is 1. The molecule has 4 nitrogen and oxygen atoms in total. The van der Waals surface area contributed by atoms with Crippen LogP contribution in [0.3, 0.4) is 0 Å². The molecule has 0 aliphatic rings. The Kier molecular flexibility index (Phi) is 1.62. The van der Waals surface area contributed by atoms with Crippen LogP contribution in [0.2, 0.25) is 5.15 Å². The highest BCUT2D eigenvalue weighted by atomic mass is 35.5. The van der Waals surface area contributed by atoms with Gasteiger partial charge >= 0.3 is 0 Å². The van der Waals surface area contributed by atoms with Crippen LogP contribution in [0.1, 0.15) is 5.82 Å². The number of rotatable bonds is 0. The van der Waals surface area contributed by atoms with Crippen LogP contribution >= 0.6 is 11.6 Å². The molecule has 0 aromatic carbocycles. The van der Waals surface area contributed by atoms with Gasteiger partial charge in [0.1, 0.15) is 22.0 Å². The van der Waals surface area contributed by atoms with E-state index in [1.54, 1.807) is 19.2 Å². The Labute approximate surface area is 73.6 Å². The van der Waals surface area contributed by atoms with E-state index in [2.05, 4.69) is 20.2 Å². The van der Waals surface area contributed by atoms with Gasteiger partial charge in [-0.3, -0.25) is 0 Å². The van der Waals surface area contributed by atoms with E-state index < -0.39 is 0 Å². The Morgan fingerprint density at radius 3 is 2.92 bits per heavy atom. The molecule has 0 saturated carbocycles. The Morgan fingerprint density at radius 1 is 1.25 bits per heavy atom. The van der Waals surface area contributed by atoms with Gasteiger partial charge in [0.15, 0.2) is 0 Å². The predicted octanol–water partition coefficient (Wildman–Crippen LogP) is 1.38. The minimum absolute atomic E-state index is 0.405. The van der Waals surface area contributed by atoms with Gasteiger partial charge in [-0.2, -0.15) is 0 Å². The number of halogens is 1. The molecule has 0 amide bonds. The monoisotopic (exact) mass is 180 g/mol. The number of hydrogen-bond acceptors (Lipinski definition) is 4. The molecule has 2 aromatic heterocycles. The molecule has 0 N–H and O–H groups in total. The van der Waals surface area contributed by atoms with Crippen molar-refractivity contribution < 1.29 is 0 Å². The molecule has 5 heteroatoms. The second-order valence-corrected chi connectivity index (χ2v) is 2.74. The standard InChI is InChI=1S/C7H5ClN4/c1-4-10-6-3-9-7(8)2-5(6)12-11-4/h2-3H,1H3. The molecule has 2 heterocycles. The molecule has 0 aliphatic carbocycles. The van der Waals surface area contributed by atoms with Crippen LogP contribution in [0.25, 0.3) is 11.0 Å². The van der Waals surface area contributed by atoms with E-state index in [1.165, 1.54) is 0 Å². The van der Waals surface area contributed by atoms with E-state index in [-0.39, 0.29) is 0 Å². The van der Waals surface area contributed by atoms with Crippen molar-refractivity contribution in [2.45, 2.75) is 6.92 Å². The van der Waals surface area contributed by atoms with Crippen molar-refractivity contribution in [3.8, 4) is 0 Å². The van der Waals surface area contributed by atoms with Gasteiger partial charge in [-0.25, -0.2) is 9.97 Å². The number of aryl methyl sites for hydroxylation is 1. The third-order valence-electron chi connectivity index (χ3n) is 1.41. The maximum atomic E-state index is 5.65. The summed E-state index contributed by atoms with van der Waals surface area (Å²) in [6, 6.07) is 1.64. The first kappa shape index (κ1) is 7.36. The summed E-state index contributed by atoms with van der Waals surface area (Å²) < 4.78 is 0. The molecule has 2 rings (SSSR count). The van der Waals surface area contributed by atoms with Gasteiger partial charge in [-0.1, -0.05) is 11.6 Å². The molecule has 0 atom stereocenters. The minimum atomic E-state index is 0.405. The Bertz CT molecular complexity index is 387. The van der Waals surface area contributed by atoms with E-state index in [0.717, 1.165) is 0 Å². The van der Waals surface area contributed by atoms with Gasteiger partial charge in [0.25, 0.3) is 0 Å². The highest BCUT2D eigenvalue weighted by molar-refractivity contribution is 6.29. The number of aromatic nitrogens is 4. The van der Waals surface area contributed by atoms with Crippen LogP contribution in [0.5, 0.6) is 0 Å². The zero-order valence-electron chi connectivity index (χ0n) is 6.32. The third-order valence-corrected chi connectivity index (χ3v) is 1.62. The lowest BCUT2D eigenvalue weighted by Gasteiger charge is -1.95. The van der Waals surface area contributed by atoms with Crippen molar-refractivity contribution >= 4 is 22.6 Å². The maximum absolute atomic E-state index is 5.65. The van der Waals surface area contributed by atoms with E-state index in [0.29, 0.717) is 22.0 Å². The summed E-state index contributed by atoms with van der Waals surface area (Å²) in [4.78, 5) is 8.01. The first-order valence-electron chi connectivity index (χ1n) is 3.38. The highest BCUT2D eigenvalue weighted by Gasteiger charge is 1.98. The number of nitrogens with zero attached hydrogens (tertiary/aromatic N) is 4. The Morgan fingerprint density at radius 2 is 2.08 bits per heavy atom. The first-order chi connectivity index (χ1) is 5.75. The van der Waals surface area contributed by atoms with E-state index >= 15 is 0 Å². The molecule has 0 unspecified atom stereocenters. The zero-order chi connectivity index (χ0) is 8.55. The fraction of sp³-hybridized carbons (Fsp3) is 0.143. The van der Waals surface area contributed by atoms with Crippen molar-refractivity contribution in [1.82, 2.24) is 20.2 Å². The van der Waals surface area contributed by atoms with Crippen LogP contribution < -0.4 is 0 Å². The van der Waals surface area contributed by atoms with Crippen LogP contribution in [-0.4, -0.2) is 20.2 Å². The third kappa shape index (κ3) is 1.21. The summed E-state index contributed by atoms with van der Waals surface area (Å²) in [7, 11) is 0. The van der Waals surface area contributed by atoms with E-state index in [1.807, 2.05) is 0 Å². The molecule has 2 aromatic rings. The lowest BCUT2D eigenvalue weighted by Crippen LogP contribution is -1.93. The SMILES string of the molecule is Cc1nnc2cc(Cl)ncc2n1. The maximum Gasteiger partial charge on any atom is 0.148 e. The predicted molar refractivity (Wildman–Crippen MR) is 44.9 cm³/mol. The van der Waals surface area contributed by atoms with Crippen molar-refractivity contribution in [2.24, 2.45) is 0 Å². The summed E-state index contributed by atoms with van der Waals surface area (Å²) in [5, 5.41) is 8.11. The van der Waals surface area contributed by atoms with Crippen LogP contribution in [-0.2, 0) is 0 Å². The fourth-order valence-corrected chi connectivity index (χ4v) is 1.05. The van der Waals surface area contributed by atoms with Gasteiger partial charge in [-0.05, 0) is 6.92 Å². The van der Waals surface area contributed by atoms with E-state index in [9.17, 15) is 0 Å².